The highest BCUT2D eigenvalue weighted by atomic mass is 16.6. The van der Waals surface area contributed by atoms with Gasteiger partial charge in [-0.2, -0.15) is 0 Å². The molecule has 22 heavy (non-hydrogen) atoms. The number of phenolic OH excluding ortho intramolecular Hbond substituents is 2. The summed E-state index contributed by atoms with van der Waals surface area (Å²) < 4.78 is 10.3. The second kappa shape index (κ2) is 6.78. The average molecular weight is 310 g/mol. The van der Waals surface area contributed by atoms with Crippen LogP contribution >= 0.6 is 0 Å². The molecule has 4 N–H and O–H groups in total. The van der Waals surface area contributed by atoms with Gasteiger partial charge in [0.25, 0.3) is 0 Å². The predicted octanol–water partition coefficient (Wildman–Crippen LogP) is 0.163. The van der Waals surface area contributed by atoms with Crippen LogP contribution < -0.4 is 0 Å². The summed E-state index contributed by atoms with van der Waals surface area (Å²) in [5.41, 5.74) is 0.487. The van der Waals surface area contributed by atoms with E-state index in [2.05, 4.69) is 0 Å². The third-order valence-corrected chi connectivity index (χ3v) is 3.39. The third-order valence-electron chi connectivity index (χ3n) is 3.39. The van der Waals surface area contributed by atoms with E-state index in [9.17, 15) is 25.2 Å². The number of aliphatic hydroxyl groups excluding tert-OH is 2. The molecule has 0 aliphatic carbocycles. The van der Waals surface area contributed by atoms with Crippen LogP contribution in [0.25, 0.3) is 6.08 Å². The third kappa shape index (κ3) is 3.76. The molecule has 0 spiro atoms. The Morgan fingerprint density at radius 2 is 2.05 bits per heavy atom. The normalized spacial score (nSPS) is 28.7. The molecule has 2 rings (SSSR count). The minimum Gasteiger partial charge on any atom is -0.504 e. The van der Waals surface area contributed by atoms with E-state index in [0.29, 0.717) is 5.56 Å². The van der Waals surface area contributed by atoms with Crippen LogP contribution in [0, 0.1) is 0 Å². The number of hydrogen-bond donors (Lipinski definition) is 4. The lowest BCUT2D eigenvalue weighted by Crippen LogP contribution is -2.53. The minimum atomic E-state index is -1.21. The summed E-state index contributed by atoms with van der Waals surface area (Å²) in [6, 6.07) is 4.07. The number of carbonyl (C=O) groups is 1. The molecular formula is C15H18O7. The number of aliphatic hydroxyl groups is 2. The molecule has 0 amide bonds. The summed E-state index contributed by atoms with van der Waals surface area (Å²) in [6.07, 6.45) is -1.31. The molecule has 0 unspecified atom stereocenters. The van der Waals surface area contributed by atoms with Crippen molar-refractivity contribution < 1.29 is 34.7 Å². The van der Waals surface area contributed by atoms with Gasteiger partial charge >= 0.3 is 5.97 Å². The minimum absolute atomic E-state index is 0.0149. The van der Waals surface area contributed by atoms with Gasteiger partial charge in [-0.1, -0.05) is 6.07 Å². The number of aromatic hydroxyl groups is 2. The van der Waals surface area contributed by atoms with Gasteiger partial charge in [-0.15, -0.1) is 0 Å². The highest BCUT2D eigenvalue weighted by Gasteiger charge is 2.38. The van der Waals surface area contributed by atoms with Gasteiger partial charge in [0.2, 0.25) is 0 Å². The first-order valence-electron chi connectivity index (χ1n) is 6.77. The maximum Gasteiger partial charge on any atom is 0.331 e. The molecule has 1 heterocycles. The second-order valence-corrected chi connectivity index (χ2v) is 5.08. The monoisotopic (exact) mass is 310 g/mol. The van der Waals surface area contributed by atoms with Crippen molar-refractivity contribution in [2.45, 2.75) is 31.3 Å². The summed E-state index contributed by atoms with van der Waals surface area (Å²) in [7, 11) is 0. The van der Waals surface area contributed by atoms with Gasteiger partial charge in [0.05, 0.1) is 12.7 Å². The highest BCUT2D eigenvalue weighted by molar-refractivity contribution is 5.87. The van der Waals surface area contributed by atoms with Gasteiger partial charge < -0.3 is 29.9 Å². The molecule has 7 heteroatoms. The Morgan fingerprint density at radius 3 is 2.73 bits per heavy atom. The van der Waals surface area contributed by atoms with Gasteiger partial charge in [-0.25, -0.2) is 4.79 Å². The number of benzene rings is 1. The highest BCUT2D eigenvalue weighted by Crippen LogP contribution is 2.25. The van der Waals surface area contributed by atoms with Crippen molar-refractivity contribution in [1.82, 2.24) is 0 Å². The van der Waals surface area contributed by atoms with Crippen LogP contribution in [0.15, 0.2) is 24.3 Å². The van der Waals surface area contributed by atoms with Gasteiger partial charge in [0, 0.05) is 6.08 Å². The smallest absolute Gasteiger partial charge is 0.331 e. The number of rotatable bonds is 3. The van der Waals surface area contributed by atoms with Gasteiger partial charge in [0.15, 0.2) is 17.6 Å². The SMILES string of the molecule is C[C@H]1OC[C@H](O)[C@@H](O)[C@@H]1OC(=O)/C=C/c1ccc(O)c(O)c1. The Hall–Kier alpha value is -2.09. The number of hydrogen-bond acceptors (Lipinski definition) is 7. The van der Waals surface area contributed by atoms with E-state index in [1.165, 1.54) is 24.3 Å². The molecule has 0 radical (unpaired) electrons. The van der Waals surface area contributed by atoms with Crippen molar-refractivity contribution in [3.8, 4) is 11.5 Å². The zero-order valence-corrected chi connectivity index (χ0v) is 11.9. The first-order chi connectivity index (χ1) is 10.4. The fourth-order valence-electron chi connectivity index (χ4n) is 2.09. The van der Waals surface area contributed by atoms with E-state index in [0.717, 1.165) is 6.08 Å². The standard InChI is InChI=1S/C15H18O7/c1-8-15(14(20)12(18)7-21-8)22-13(19)5-3-9-2-4-10(16)11(17)6-9/h2-6,8,12,14-18,20H,7H2,1H3/b5-3+/t8-,12+,14-,15-/m1/s1. The lowest BCUT2D eigenvalue weighted by atomic mass is 10.0. The average Bonchev–Trinajstić information content (AvgIpc) is 2.49. The number of phenols is 2. The molecule has 7 nitrogen and oxygen atoms in total. The summed E-state index contributed by atoms with van der Waals surface area (Å²) in [5, 5.41) is 37.9. The molecule has 1 fully saturated rings. The Balaban J connectivity index is 1.99. The molecular weight excluding hydrogens is 292 g/mol. The Labute approximate surface area is 127 Å². The van der Waals surface area contributed by atoms with Crippen molar-refractivity contribution in [1.29, 1.82) is 0 Å². The molecule has 4 atom stereocenters. The Morgan fingerprint density at radius 1 is 1.32 bits per heavy atom. The first kappa shape index (κ1) is 16.3. The number of carbonyl (C=O) groups excluding carboxylic acids is 1. The molecule has 1 aromatic rings. The van der Waals surface area contributed by atoms with Crippen molar-refractivity contribution in [3.05, 3.63) is 29.8 Å². The molecule has 120 valence electrons. The molecule has 1 aromatic carbocycles. The van der Waals surface area contributed by atoms with E-state index >= 15 is 0 Å². The first-order valence-corrected chi connectivity index (χ1v) is 6.77. The van der Waals surface area contributed by atoms with Crippen LogP contribution in [0.5, 0.6) is 11.5 Å². The van der Waals surface area contributed by atoms with Crippen LogP contribution in [-0.2, 0) is 14.3 Å². The van der Waals surface area contributed by atoms with Crippen LogP contribution in [0.1, 0.15) is 12.5 Å². The molecule has 0 aromatic heterocycles. The zero-order chi connectivity index (χ0) is 16.3. The second-order valence-electron chi connectivity index (χ2n) is 5.08. The lowest BCUT2D eigenvalue weighted by Gasteiger charge is -2.35. The molecule has 1 aliphatic rings. The topological polar surface area (TPSA) is 116 Å². The molecule has 0 bridgehead atoms. The van der Waals surface area contributed by atoms with Crippen molar-refractivity contribution in [2.24, 2.45) is 0 Å². The maximum absolute atomic E-state index is 11.8. The fourth-order valence-corrected chi connectivity index (χ4v) is 2.09. The van der Waals surface area contributed by atoms with E-state index in [-0.39, 0.29) is 18.1 Å². The molecule has 0 saturated carbocycles. The van der Waals surface area contributed by atoms with Crippen LogP contribution in [-0.4, -0.2) is 57.4 Å². The van der Waals surface area contributed by atoms with Crippen molar-refractivity contribution in [3.63, 3.8) is 0 Å². The fraction of sp³-hybridized carbons (Fsp3) is 0.400. The van der Waals surface area contributed by atoms with Gasteiger partial charge in [-0.3, -0.25) is 0 Å². The Kier molecular flexibility index (Phi) is 5.02. The molecule has 1 saturated heterocycles. The van der Waals surface area contributed by atoms with Crippen LogP contribution in [0.3, 0.4) is 0 Å². The quantitative estimate of drug-likeness (QED) is 0.357. The van der Waals surface area contributed by atoms with E-state index in [4.69, 9.17) is 9.47 Å². The van der Waals surface area contributed by atoms with E-state index in [1.807, 2.05) is 0 Å². The van der Waals surface area contributed by atoms with Crippen LogP contribution in [0.2, 0.25) is 0 Å². The molecule has 1 aliphatic heterocycles. The number of ether oxygens (including phenoxy) is 2. The van der Waals surface area contributed by atoms with Gasteiger partial charge in [-0.05, 0) is 30.7 Å². The summed E-state index contributed by atoms with van der Waals surface area (Å²) in [5.74, 6) is -1.28. The maximum atomic E-state index is 11.8. The largest absolute Gasteiger partial charge is 0.504 e. The summed E-state index contributed by atoms with van der Waals surface area (Å²) in [4.78, 5) is 11.8. The predicted molar refractivity (Wildman–Crippen MR) is 76.1 cm³/mol. The summed E-state index contributed by atoms with van der Waals surface area (Å²) >= 11 is 0. The zero-order valence-electron chi connectivity index (χ0n) is 11.9. The van der Waals surface area contributed by atoms with Crippen molar-refractivity contribution in [2.75, 3.05) is 6.61 Å². The van der Waals surface area contributed by atoms with Crippen molar-refractivity contribution >= 4 is 12.0 Å². The van der Waals surface area contributed by atoms with Gasteiger partial charge in [0.1, 0.15) is 12.2 Å². The lowest BCUT2D eigenvalue weighted by molar-refractivity contribution is -0.201. The Bertz CT molecular complexity index is 569. The van der Waals surface area contributed by atoms with Crippen LogP contribution in [0.4, 0.5) is 0 Å². The summed E-state index contributed by atoms with van der Waals surface area (Å²) in [6.45, 7) is 1.62. The van der Waals surface area contributed by atoms with E-state index in [1.54, 1.807) is 6.92 Å². The van der Waals surface area contributed by atoms with E-state index < -0.39 is 30.4 Å². The number of esters is 1.